The number of hydrogen-bond acceptors (Lipinski definition) is 4. The maximum absolute atomic E-state index is 8.93. The molecule has 0 unspecified atom stereocenters. The van der Waals surface area contributed by atoms with Gasteiger partial charge in [-0.1, -0.05) is 41.4 Å². The summed E-state index contributed by atoms with van der Waals surface area (Å²) in [6.45, 7) is 0.159. The lowest BCUT2D eigenvalue weighted by molar-refractivity contribution is 0.299. The van der Waals surface area contributed by atoms with E-state index in [4.69, 9.17) is 28.3 Å². The molecule has 2 N–H and O–H groups in total. The van der Waals surface area contributed by atoms with E-state index in [1.54, 1.807) is 6.07 Å². The highest BCUT2D eigenvalue weighted by Gasteiger charge is 2.07. The fourth-order valence-corrected chi connectivity index (χ4v) is 3.16. The molecule has 0 atom stereocenters. The third kappa shape index (κ3) is 4.03. The van der Waals surface area contributed by atoms with Crippen molar-refractivity contribution in [2.75, 3.05) is 11.9 Å². The largest absolute Gasteiger partial charge is 0.396 e. The van der Waals surface area contributed by atoms with Crippen molar-refractivity contribution in [1.29, 1.82) is 0 Å². The monoisotopic (exact) mass is 364 g/mol. The summed E-state index contributed by atoms with van der Waals surface area (Å²) >= 11 is 13.5. The van der Waals surface area contributed by atoms with Gasteiger partial charge in [-0.25, -0.2) is 4.98 Å². The van der Waals surface area contributed by atoms with Crippen molar-refractivity contribution in [1.82, 2.24) is 4.98 Å². The van der Waals surface area contributed by atoms with E-state index in [1.165, 1.54) is 11.3 Å². The van der Waals surface area contributed by atoms with E-state index >= 15 is 0 Å². The Labute approximate surface area is 148 Å². The van der Waals surface area contributed by atoms with Crippen LogP contribution in [0.25, 0.3) is 11.3 Å². The van der Waals surface area contributed by atoms with Gasteiger partial charge in [-0.2, -0.15) is 0 Å². The highest BCUT2D eigenvalue weighted by molar-refractivity contribution is 7.14. The fraction of sp³-hybridized carbons (Fsp3) is 0.118. The molecular weight excluding hydrogens is 351 g/mol. The van der Waals surface area contributed by atoms with Gasteiger partial charge in [-0.05, 0) is 36.2 Å². The minimum Gasteiger partial charge on any atom is -0.396 e. The lowest BCUT2D eigenvalue weighted by Crippen LogP contribution is -1.93. The van der Waals surface area contributed by atoms with E-state index in [9.17, 15) is 0 Å². The molecule has 0 saturated carbocycles. The standard InChI is InChI=1S/C17H14Cl2N2OS/c18-14-6-3-12(9-15(14)19)16-10-23-17(21-16)20-13-4-1-11(2-5-13)7-8-22/h1-6,9-10,22H,7-8H2,(H,20,21). The number of aromatic nitrogens is 1. The van der Waals surface area contributed by atoms with Crippen LogP contribution in [-0.2, 0) is 6.42 Å². The van der Waals surface area contributed by atoms with Gasteiger partial charge in [0.15, 0.2) is 5.13 Å². The van der Waals surface area contributed by atoms with Crippen LogP contribution in [0.1, 0.15) is 5.56 Å². The van der Waals surface area contributed by atoms with Crippen LogP contribution in [0.15, 0.2) is 47.8 Å². The third-order valence-electron chi connectivity index (χ3n) is 3.33. The molecule has 118 valence electrons. The second kappa shape index (κ2) is 7.32. The molecule has 3 aromatic rings. The first kappa shape index (κ1) is 16.3. The topological polar surface area (TPSA) is 45.1 Å². The SMILES string of the molecule is OCCc1ccc(Nc2nc(-c3ccc(Cl)c(Cl)c3)cs2)cc1. The van der Waals surface area contributed by atoms with Crippen molar-refractivity contribution in [2.45, 2.75) is 6.42 Å². The molecule has 6 heteroatoms. The minimum atomic E-state index is 0.159. The maximum Gasteiger partial charge on any atom is 0.187 e. The molecule has 23 heavy (non-hydrogen) atoms. The molecule has 2 aromatic carbocycles. The highest BCUT2D eigenvalue weighted by atomic mass is 35.5. The van der Waals surface area contributed by atoms with Crippen LogP contribution in [0.3, 0.4) is 0 Å². The molecule has 1 aromatic heterocycles. The second-order valence-electron chi connectivity index (χ2n) is 4.96. The average Bonchev–Trinajstić information content (AvgIpc) is 3.01. The third-order valence-corrected chi connectivity index (χ3v) is 4.82. The van der Waals surface area contributed by atoms with Crippen molar-refractivity contribution in [3.63, 3.8) is 0 Å². The number of thiazole rings is 1. The molecule has 0 saturated heterocycles. The molecule has 1 heterocycles. The summed E-state index contributed by atoms with van der Waals surface area (Å²) in [5, 5.41) is 16.0. The highest BCUT2D eigenvalue weighted by Crippen LogP contribution is 2.31. The van der Waals surface area contributed by atoms with Gasteiger partial charge >= 0.3 is 0 Å². The summed E-state index contributed by atoms with van der Waals surface area (Å²) < 4.78 is 0. The van der Waals surface area contributed by atoms with Crippen LogP contribution in [-0.4, -0.2) is 16.7 Å². The van der Waals surface area contributed by atoms with Crippen molar-refractivity contribution in [3.05, 3.63) is 63.5 Å². The molecule has 0 amide bonds. The number of nitrogens with zero attached hydrogens (tertiary/aromatic N) is 1. The van der Waals surface area contributed by atoms with E-state index in [-0.39, 0.29) is 6.61 Å². The molecule has 0 fully saturated rings. The fourth-order valence-electron chi connectivity index (χ4n) is 2.13. The Morgan fingerprint density at radius 3 is 2.52 bits per heavy atom. The van der Waals surface area contributed by atoms with Crippen LogP contribution in [0, 0.1) is 0 Å². The lowest BCUT2D eigenvalue weighted by Gasteiger charge is -2.04. The predicted octanol–water partition coefficient (Wildman–Crippen LogP) is 5.40. The Hall–Kier alpha value is -1.59. The molecule has 0 aliphatic rings. The van der Waals surface area contributed by atoms with Gasteiger partial charge in [0.05, 0.1) is 15.7 Å². The van der Waals surface area contributed by atoms with E-state index < -0.39 is 0 Å². The zero-order chi connectivity index (χ0) is 16.2. The number of nitrogens with one attached hydrogen (secondary N) is 1. The smallest absolute Gasteiger partial charge is 0.187 e. The molecular formula is C17H14Cl2N2OS. The van der Waals surface area contributed by atoms with Crippen molar-refractivity contribution in [2.24, 2.45) is 0 Å². The average molecular weight is 365 g/mol. The molecule has 0 spiro atoms. The number of rotatable bonds is 5. The van der Waals surface area contributed by atoms with Gasteiger partial charge in [0.1, 0.15) is 0 Å². The zero-order valence-electron chi connectivity index (χ0n) is 12.1. The normalized spacial score (nSPS) is 10.7. The van der Waals surface area contributed by atoms with E-state index in [0.717, 1.165) is 27.6 Å². The number of anilines is 2. The summed E-state index contributed by atoms with van der Waals surface area (Å²) in [5.41, 5.74) is 3.85. The van der Waals surface area contributed by atoms with Gasteiger partial charge in [-0.15, -0.1) is 11.3 Å². The summed E-state index contributed by atoms with van der Waals surface area (Å²) in [7, 11) is 0. The Morgan fingerprint density at radius 1 is 1.04 bits per heavy atom. The lowest BCUT2D eigenvalue weighted by atomic mass is 10.1. The number of hydrogen-bond donors (Lipinski definition) is 2. The minimum absolute atomic E-state index is 0.159. The van der Waals surface area contributed by atoms with Crippen molar-refractivity contribution < 1.29 is 5.11 Å². The first-order valence-electron chi connectivity index (χ1n) is 7.03. The summed E-state index contributed by atoms with van der Waals surface area (Å²) in [6.07, 6.45) is 0.666. The molecule has 3 nitrogen and oxygen atoms in total. The number of halogens is 2. The molecule has 0 radical (unpaired) electrons. The van der Waals surface area contributed by atoms with Crippen LogP contribution < -0.4 is 5.32 Å². The summed E-state index contributed by atoms with van der Waals surface area (Å²) in [5.74, 6) is 0. The first-order valence-corrected chi connectivity index (χ1v) is 8.67. The van der Waals surface area contributed by atoms with Crippen LogP contribution >= 0.6 is 34.5 Å². The van der Waals surface area contributed by atoms with E-state index in [1.807, 2.05) is 41.8 Å². The Balaban J connectivity index is 1.75. The number of benzene rings is 2. The first-order chi connectivity index (χ1) is 11.2. The van der Waals surface area contributed by atoms with Crippen molar-refractivity contribution in [3.8, 4) is 11.3 Å². The molecule has 0 aliphatic heterocycles. The van der Waals surface area contributed by atoms with Crippen LogP contribution in [0.4, 0.5) is 10.8 Å². The summed E-state index contributed by atoms with van der Waals surface area (Å²) in [4.78, 5) is 4.57. The predicted molar refractivity (Wildman–Crippen MR) is 98.1 cm³/mol. The van der Waals surface area contributed by atoms with Crippen LogP contribution in [0.2, 0.25) is 10.0 Å². The summed E-state index contributed by atoms with van der Waals surface area (Å²) in [6, 6.07) is 13.4. The zero-order valence-corrected chi connectivity index (χ0v) is 14.4. The number of aliphatic hydroxyl groups is 1. The Morgan fingerprint density at radius 2 is 1.83 bits per heavy atom. The maximum atomic E-state index is 8.93. The Bertz CT molecular complexity index is 803. The van der Waals surface area contributed by atoms with Gasteiger partial charge in [0.2, 0.25) is 0 Å². The van der Waals surface area contributed by atoms with Gasteiger partial charge in [0.25, 0.3) is 0 Å². The van der Waals surface area contributed by atoms with Crippen molar-refractivity contribution >= 4 is 45.4 Å². The van der Waals surface area contributed by atoms with Gasteiger partial charge in [-0.3, -0.25) is 0 Å². The van der Waals surface area contributed by atoms with Crippen LogP contribution in [0.5, 0.6) is 0 Å². The molecule has 3 rings (SSSR count). The molecule has 0 bridgehead atoms. The van der Waals surface area contributed by atoms with E-state index in [2.05, 4.69) is 10.3 Å². The van der Waals surface area contributed by atoms with E-state index in [0.29, 0.717) is 16.5 Å². The van der Waals surface area contributed by atoms with Gasteiger partial charge < -0.3 is 10.4 Å². The quantitative estimate of drug-likeness (QED) is 0.637. The Kier molecular flexibility index (Phi) is 5.18. The molecule has 0 aliphatic carbocycles. The second-order valence-corrected chi connectivity index (χ2v) is 6.63. The van der Waals surface area contributed by atoms with Gasteiger partial charge in [0, 0.05) is 23.2 Å². The number of aliphatic hydroxyl groups excluding tert-OH is 1.